The number of nitrogens with zero attached hydrogens (tertiary/aromatic N) is 9. The van der Waals surface area contributed by atoms with Gasteiger partial charge in [0.15, 0.2) is 17.0 Å². The molecule has 5 fully saturated rings. The van der Waals surface area contributed by atoms with E-state index in [1.807, 2.05) is 14.4 Å². The molecule has 11 rings (SSSR count). The number of imidazole rings is 1. The third kappa shape index (κ3) is 9.21. The molecule has 0 unspecified atom stereocenters. The minimum absolute atomic E-state index is 0.00139. The molecule has 4 saturated heterocycles. The van der Waals surface area contributed by atoms with Crippen LogP contribution in [0.4, 0.5) is 27.3 Å². The summed E-state index contributed by atoms with van der Waals surface area (Å²) in [4.78, 5) is 101. The number of hydrogen-bond acceptors (Lipinski definition) is 13. The van der Waals surface area contributed by atoms with Gasteiger partial charge in [0.1, 0.15) is 18.2 Å². The Morgan fingerprint density at radius 1 is 0.778 bits per heavy atom. The zero-order valence-electron chi connectivity index (χ0n) is 39.4. The maximum absolute atomic E-state index is 15.5. The Morgan fingerprint density at radius 3 is 2.17 bits per heavy atom. The van der Waals surface area contributed by atoms with Crippen LogP contribution in [-0.4, -0.2) is 141 Å². The van der Waals surface area contributed by atoms with E-state index in [9.17, 15) is 28.8 Å². The van der Waals surface area contributed by atoms with Gasteiger partial charge in [-0.25, -0.2) is 19.3 Å². The molecule has 72 heavy (non-hydrogen) atoms. The lowest BCUT2D eigenvalue weighted by Gasteiger charge is -2.41. The molecule has 0 spiro atoms. The molecule has 18 nitrogen and oxygen atoms in total. The lowest BCUT2D eigenvalue weighted by atomic mass is 9.86. The first-order valence-electron chi connectivity index (χ1n) is 24.7. The number of rotatable bonds is 11. The second kappa shape index (κ2) is 19.7. The summed E-state index contributed by atoms with van der Waals surface area (Å²) in [5.74, 6) is -2.45. The van der Waals surface area contributed by atoms with E-state index < -0.39 is 35.5 Å². The monoisotopic (exact) mass is 1020 g/mol. The average molecular weight is 1020 g/mol. The molecule has 374 valence electrons. The van der Waals surface area contributed by atoms with Gasteiger partial charge in [-0.15, -0.1) is 0 Å². The molecule has 1 atom stereocenters. The smallest absolute Gasteiger partial charge is 0.262 e. The van der Waals surface area contributed by atoms with E-state index in [1.54, 1.807) is 24.5 Å². The second-order valence-electron chi connectivity index (χ2n) is 19.7. The number of piperidine rings is 3. The lowest BCUT2D eigenvalue weighted by molar-refractivity contribution is -0.138. The number of fused-ring (bicyclic) bond motifs is 2. The Hall–Kier alpha value is -6.70. The minimum Gasteiger partial charge on any atom is -0.369 e. The van der Waals surface area contributed by atoms with E-state index in [1.165, 1.54) is 12.4 Å². The van der Waals surface area contributed by atoms with Crippen LogP contribution in [0.25, 0.3) is 11.2 Å². The van der Waals surface area contributed by atoms with Crippen LogP contribution >= 0.6 is 23.2 Å². The summed E-state index contributed by atoms with van der Waals surface area (Å²) in [7, 11) is 0. The van der Waals surface area contributed by atoms with Gasteiger partial charge in [-0.3, -0.25) is 43.9 Å². The van der Waals surface area contributed by atoms with Crippen molar-refractivity contribution in [3.8, 4) is 0 Å². The van der Waals surface area contributed by atoms with Gasteiger partial charge in [0.05, 0.1) is 38.8 Å². The van der Waals surface area contributed by atoms with Crippen molar-refractivity contribution >= 4 is 92.7 Å². The molecule has 5 aliphatic heterocycles. The van der Waals surface area contributed by atoms with Crippen molar-refractivity contribution in [3.05, 3.63) is 99.8 Å². The van der Waals surface area contributed by atoms with E-state index in [4.69, 9.17) is 23.2 Å². The molecule has 7 heterocycles. The Labute approximate surface area is 424 Å². The third-order valence-corrected chi connectivity index (χ3v) is 16.0. The van der Waals surface area contributed by atoms with Crippen molar-refractivity contribution in [2.45, 2.75) is 69.5 Å². The molecule has 3 aromatic carbocycles. The Balaban J connectivity index is 0.608. The highest BCUT2D eigenvalue weighted by atomic mass is 35.5. The molecule has 1 saturated carbocycles. The lowest BCUT2D eigenvalue weighted by Crippen LogP contribution is -2.54. The van der Waals surface area contributed by atoms with Crippen LogP contribution in [0.15, 0.2) is 67.3 Å². The number of hydrogen-bond donors (Lipinski definition) is 3. The Bertz CT molecular complexity index is 2960. The predicted molar refractivity (Wildman–Crippen MR) is 267 cm³/mol. The van der Waals surface area contributed by atoms with Gasteiger partial charge >= 0.3 is 0 Å². The predicted octanol–water partition coefficient (Wildman–Crippen LogP) is 5.83. The SMILES string of the molecule is O=C1CC[C@H](N2C(=O)c3cc(F)c(N4CCC(C(=O)N5CCC(CN6CCN(c7ccc(Nc8ncnc9c8ncn9C8CC(NC(=O)c9c(Cl)cccc9Cl)C8)cc7)CC6)CC5)CC4)cc3C2=O)C(=O)N1. The quantitative estimate of drug-likeness (QED) is 0.134. The fourth-order valence-electron chi connectivity index (χ4n) is 11.2. The standard InChI is InChI=1S/C51H53Cl2FN12O6/c52-37-2-1-3-38(53)43(37)48(69)59-32-22-34(23-32)65-28-57-44-45(55-27-56-46(44)65)58-31-4-6-33(7-5-31)62-20-18-61(19-21-62)26-29-10-14-64(15-11-29)49(70)30-12-16-63(17-13-30)41-25-36-35(24-39(41)54)50(71)66(51(36)72)40-8-9-42(67)60-47(40)68/h1-7,24-25,27-30,32,34,40H,8-23,26H2,(H,59,69)(H,55,56,58)(H,60,67,68)/t32?,34?,40-/m0/s1. The molecule has 5 aromatic rings. The topological polar surface area (TPSA) is 198 Å². The molecule has 21 heteroatoms. The van der Waals surface area contributed by atoms with Crippen molar-refractivity contribution in [1.82, 2.24) is 44.9 Å². The van der Waals surface area contributed by atoms with E-state index in [-0.39, 0.29) is 65.0 Å². The zero-order valence-corrected chi connectivity index (χ0v) is 40.9. The normalized spacial score (nSPS) is 22.3. The van der Waals surface area contributed by atoms with E-state index in [2.05, 4.69) is 65.0 Å². The number of benzene rings is 3. The maximum Gasteiger partial charge on any atom is 0.262 e. The van der Waals surface area contributed by atoms with E-state index in [0.717, 1.165) is 99.5 Å². The molecule has 0 bridgehead atoms. The van der Waals surface area contributed by atoms with Gasteiger partial charge in [0, 0.05) is 94.7 Å². The summed E-state index contributed by atoms with van der Waals surface area (Å²) in [5, 5.41) is 9.29. The van der Waals surface area contributed by atoms with Crippen molar-refractivity contribution in [2.75, 3.05) is 74.0 Å². The molecular formula is C51H53Cl2FN12O6. The van der Waals surface area contributed by atoms with Gasteiger partial charge in [-0.2, -0.15) is 0 Å². The first-order chi connectivity index (χ1) is 34.9. The largest absolute Gasteiger partial charge is 0.369 e. The minimum atomic E-state index is -1.13. The molecular weight excluding hydrogens is 967 g/mol. The summed E-state index contributed by atoms with van der Waals surface area (Å²) in [6.07, 6.45) is 7.76. The summed E-state index contributed by atoms with van der Waals surface area (Å²) < 4.78 is 17.6. The number of likely N-dealkylation sites (tertiary alicyclic amines) is 1. The molecule has 6 aliphatic rings. The fourth-order valence-corrected chi connectivity index (χ4v) is 11.8. The first kappa shape index (κ1) is 47.6. The van der Waals surface area contributed by atoms with Gasteiger partial charge in [-0.1, -0.05) is 29.3 Å². The molecule has 0 radical (unpaired) electrons. The van der Waals surface area contributed by atoms with Crippen LogP contribution in [-0.2, 0) is 14.4 Å². The number of piperazine rings is 1. The van der Waals surface area contributed by atoms with Crippen molar-refractivity contribution in [3.63, 3.8) is 0 Å². The fraction of sp³-hybridized carbons (Fsp3) is 0.431. The molecule has 1 aliphatic carbocycles. The van der Waals surface area contributed by atoms with E-state index in [0.29, 0.717) is 53.2 Å². The number of aromatic nitrogens is 4. The highest BCUT2D eigenvalue weighted by Crippen LogP contribution is 2.38. The molecule has 2 aromatic heterocycles. The van der Waals surface area contributed by atoms with Crippen LogP contribution in [0.5, 0.6) is 0 Å². The van der Waals surface area contributed by atoms with Crippen molar-refractivity contribution in [2.24, 2.45) is 11.8 Å². The van der Waals surface area contributed by atoms with Crippen LogP contribution in [0.3, 0.4) is 0 Å². The number of carbonyl (C=O) groups excluding carboxylic acids is 6. The van der Waals surface area contributed by atoms with Crippen LogP contribution in [0.2, 0.25) is 10.0 Å². The highest BCUT2D eigenvalue weighted by molar-refractivity contribution is 6.39. The maximum atomic E-state index is 15.5. The van der Waals surface area contributed by atoms with Crippen LogP contribution < -0.4 is 25.8 Å². The van der Waals surface area contributed by atoms with Gasteiger partial charge in [0.25, 0.3) is 17.7 Å². The number of amides is 6. The van der Waals surface area contributed by atoms with E-state index >= 15 is 4.39 Å². The number of nitrogens with one attached hydrogen (secondary N) is 3. The summed E-state index contributed by atoms with van der Waals surface area (Å²) in [6.45, 7) is 7.02. The Kier molecular flexibility index (Phi) is 13.0. The molecule has 6 amide bonds. The van der Waals surface area contributed by atoms with Crippen LogP contribution in [0.1, 0.15) is 88.5 Å². The van der Waals surface area contributed by atoms with Crippen molar-refractivity contribution in [1.29, 1.82) is 0 Å². The average Bonchev–Trinajstić information content (AvgIpc) is 3.90. The Morgan fingerprint density at radius 2 is 1.47 bits per heavy atom. The first-order valence-corrected chi connectivity index (χ1v) is 25.5. The summed E-state index contributed by atoms with van der Waals surface area (Å²) >= 11 is 12.5. The number of carbonyl (C=O) groups is 6. The zero-order chi connectivity index (χ0) is 49.8. The summed E-state index contributed by atoms with van der Waals surface area (Å²) in [5.41, 5.74) is 3.84. The number of imide groups is 2. The van der Waals surface area contributed by atoms with Crippen molar-refractivity contribution < 1.29 is 33.2 Å². The summed E-state index contributed by atoms with van der Waals surface area (Å²) in [6, 6.07) is 14.8. The van der Waals surface area contributed by atoms with Gasteiger partial charge in [-0.05, 0) is 99.4 Å². The van der Waals surface area contributed by atoms with Crippen LogP contribution in [0, 0.1) is 17.7 Å². The molecule has 3 N–H and O–H groups in total. The van der Waals surface area contributed by atoms with Gasteiger partial charge < -0.3 is 29.9 Å². The number of anilines is 4. The van der Waals surface area contributed by atoms with Gasteiger partial charge in [0.2, 0.25) is 17.7 Å². The third-order valence-electron chi connectivity index (χ3n) is 15.4. The highest BCUT2D eigenvalue weighted by Gasteiger charge is 2.46. The second-order valence-corrected chi connectivity index (χ2v) is 20.5. The number of halogens is 3.